The van der Waals surface area contributed by atoms with Crippen LogP contribution in [0.3, 0.4) is 0 Å². The van der Waals surface area contributed by atoms with E-state index in [1.54, 1.807) is 42.5 Å². The maximum absolute atomic E-state index is 13.7. The monoisotopic (exact) mass is 266 g/mol. The predicted octanol–water partition coefficient (Wildman–Crippen LogP) is 3.07. The van der Waals surface area contributed by atoms with Gasteiger partial charge < -0.3 is 0 Å². The van der Waals surface area contributed by atoms with Gasteiger partial charge in [-0.2, -0.15) is 4.21 Å². The molecule has 0 heterocycles. The van der Waals surface area contributed by atoms with Gasteiger partial charge in [-0.1, -0.05) is 48.5 Å². The molecule has 1 N–H and O–H groups in total. The molecule has 0 aliphatic rings. The molecule has 0 spiro atoms. The maximum Gasteiger partial charge on any atom is 0.302 e. The van der Waals surface area contributed by atoms with Crippen molar-refractivity contribution in [2.24, 2.45) is 0 Å². The van der Waals surface area contributed by atoms with Gasteiger partial charge in [0.2, 0.25) is 0 Å². The highest BCUT2D eigenvalue weighted by molar-refractivity contribution is 7.74. The SMILES string of the molecule is O=S(O)OC(c1ccccc1)c1ccccc1F. The van der Waals surface area contributed by atoms with E-state index in [-0.39, 0.29) is 5.56 Å². The summed E-state index contributed by atoms with van der Waals surface area (Å²) < 4.78 is 38.3. The Balaban J connectivity index is 2.44. The fraction of sp³-hybridized carbons (Fsp3) is 0.0769. The second-order valence-corrected chi connectivity index (χ2v) is 4.25. The minimum Gasteiger partial charge on any atom is -0.284 e. The minimum absolute atomic E-state index is 0.228. The Morgan fingerprint density at radius 1 is 1.06 bits per heavy atom. The lowest BCUT2D eigenvalue weighted by molar-refractivity contribution is 0.240. The van der Waals surface area contributed by atoms with E-state index in [0.717, 1.165) is 0 Å². The number of benzene rings is 2. The van der Waals surface area contributed by atoms with Gasteiger partial charge in [-0.05, 0) is 11.6 Å². The molecule has 5 heteroatoms. The number of halogens is 1. The molecular formula is C13H11FO3S. The summed E-state index contributed by atoms with van der Waals surface area (Å²) in [6.07, 6.45) is -0.904. The molecule has 0 aliphatic carbocycles. The van der Waals surface area contributed by atoms with Crippen LogP contribution in [0, 0.1) is 5.82 Å². The van der Waals surface area contributed by atoms with Gasteiger partial charge in [-0.25, -0.2) is 4.39 Å². The number of rotatable bonds is 4. The first-order valence-corrected chi connectivity index (χ1v) is 6.29. The summed E-state index contributed by atoms with van der Waals surface area (Å²) in [7, 11) is 0. The van der Waals surface area contributed by atoms with E-state index in [9.17, 15) is 8.60 Å². The quantitative estimate of drug-likeness (QED) is 0.865. The number of hydrogen-bond acceptors (Lipinski definition) is 2. The molecule has 0 bridgehead atoms. The Kier molecular flexibility index (Phi) is 4.19. The Morgan fingerprint density at radius 2 is 1.67 bits per heavy atom. The Labute approximate surface area is 107 Å². The molecule has 0 amide bonds. The van der Waals surface area contributed by atoms with Gasteiger partial charge in [-0.3, -0.25) is 8.74 Å². The van der Waals surface area contributed by atoms with Crippen LogP contribution in [-0.2, 0) is 15.5 Å². The molecule has 0 aliphatic heterocycles. The van der Waals surface area contributed by atoms with Crippen LogP contribution in [-0.4, -0.2) is 8.76 Å². The zero-order valence-corrected chi connectivity index (χ0v) is 10.1. The first kappa shape index (κ1) is 12.9. The van der Waals surface area contributed by atoms with Crippen molar-refractivity contribution < 1.29 is 17.3 Å². The smallest absolute Gasteiger partial charge is 0.284 e. The van der Waals surface area contributed by atoms with Crippen LogP contribution in [0.2, 0.25) is 0 Å². The topological polar surface area (TPSA) is 46.5 Å². The number of hydrogen-bond donors (Lipinski definition) is 1. The van der Waals surface area contributed by atoms with Crippen LogP contribution in [0.5, 0.6) is 0 Å². The second-order valence-electron chi connectivity index (χ2n) is 3.63. The third-order valence-electron chi connectivity index (χ3n) is 2.47. The molecular weight excluding hydrogens is 255 g/mol. The summed E-state index contributed by atoms with van der Waals surface area (Å²) in [6, 6.07) is 14.8. The third-order valence-corrected chi connectivity index (χ3v) is 2.83. The third kappa shape index (κ3) is 3.01. The molecule has 2 aromatic rings. The molecule has 2 rings (SSSR count). The largest absolute Gasteiger partial charge is 0.302 e. The molecule has 3 nitrogen and oxygen atoms in total. The lowest BCUT2D eigenvalue weighted by Gasteiger charge is -2.16. The van der Waals surface area contributed by atoms with E-state index in [1.165, 1.54) is 12.1 Å². The van der Waals surface area contributed by atoms with Crippen molar-refractivity contribution in [1.29, 1.82) is 0 Å². The first-order valence-electron chi connectivity index (χ1n) is 5.26. The summed E-state index contributed by atoms with van der Waals surface area (Å²) in [6.45, 7) is 0. The van der Waals surface area contributed by atoms with E-state index >= 15 is 0 Å². The van der Waals surface area contributed by atoms with E-state index in [2.05, 4.69) is 0 Å². The van der Waals surface area contributed by atoms with Gasteiger partial charge in [0.15, 0.2) is 0 Å². The fourth-order valence-electron chi connectivity index (χ4n) is 1.68. The highest BCUT2D eigenvalue weighted by Crippen LogP contribution is 2.28. The van der Waals surface area contributed by atoms with Crippen molar-refractivity contribution in [3.8, 4) is 0 Å². The summed E-state index contributed by atoms with van der Waals surface area (Å²) >= 11 is -2.47. The van der Waals surface area contributed by atoms with Crippen molar-refractivity contribution >= 4 is 11.4 Å². The fourth-order valence-corrected chi connectivity index (χ4v) is 2.06. The molecule has 94 valence electrons. The molecule has 0 fully saturated rings. The van der Waals surface area contributed by atoms with Crippen LogP contribution in [0.15, 0.2) is 54.6 Å². The van der Waals surface area contributed by atoms with E-state index < -0.39 is 23.3 Å². The second kappa shape index (κ2) is 5.86. The van der Waals surface area contributed by atoms with E-state index in [1.807, 2.05) is 0 Å². The average molecular weight is 266 g/mol. The Hall–Kier alpha value is -1.56. The lowest BCUT2D eigenvalue weighted by Crippen LogP contribution is -2.09. The average Bonchev–Trinajstić information content (AvgIpc) is 2.38. The zero-order valence-electron chi connectivity index (χ0n) is 9.32. The molecule has 0 aromatic heterocycles. The van der Waals surface area contributed by atoms with E-state index in [4.69, 9.17) is 8.74 Å². The van der Waals surface area contributed by atoms with E-state index in [0.29, 0.717) is 5.56 Å². The standard InChI is InChI=1S/C13H11FO3S/c14-12-9-5-4-8-11(12)13(17-18(15)16)10-6-2-1-3-7-10/h1-9,13H,(H,15,16). The van der Waals surface area contributed by atoms with Gasteiger partial charge in [0.1, 0.15) is 11.9 Å². The van der Waals surface area contributed by atoms with Crippen molar-refractivity contribution in [3.63, 3.8) is 0 Å². The molecule has 0 saturated heterocycles. The summed E-state index contributed by atoms with van der Waals surface area (Å²) in [5.41, 5.74) is 0.844. The van der Waals surface area contributed by atoms with Crippen LogP contribution < -0.4 is 0 Å². The molecule has 18 heavy (non-hydrogen) atoms. The Morgan fingerprint density at radius 3 is 2.28 bits per heavy atom. The van der Waals surface area contributed by atoms with Gasteiger partial charge in [-0.15, -0.1) is 0 Å². The summed E-state index contributed by atoms with van der Waals surface area (Å²) in [5, 5.41) is 0. The van der Waals surface area contributed by atoms with Gasteiger partial charge in [0, 0.05) is 5.56 Å². The molecule has 0 radical (unpaired) electrons. The predicted molar refractivity (Wildman–Crippen MR) is 66.5 cm³/mol. The Bertz CT molecular complexity index is 545. The molecule has 2 unspecified atom stereocenters. The highest BCUT2D eigenvalue weighted by atomic mass is 32.2. The zero-order chi connectivity index (χ0) is 13.0. The van der Waals surface area contributed by atoms with Crippen molar-refractivity contribution in [2.45, 2.75) is 6.10 Å². The van der Waals surface area contributed by atoms with Crippen molar-refractivity contribution in [3.05, 3.63) is 71.5 Å². The maximum atomic E-state index is 13.7. The first-order chi connectivity index (χ1) is 8.68. The van der Waals surface area contributed by atoms with Crippen LogP contribution in [0.4, 0.5) is 4.39 Å². The van der Waals surface area contributed by atoms with Gasteiger partial charge in [0.25, 0.3) is 0 Å². The lowest BCUT2D eigenvalue weighted by atomic mass is 10.0. The van der Waals surface area contributed by atoms with Gasteiger partial charge >= 0.3 is 11.4 Å². The molecule has 0 saturated carbocycles. The summed E-state index contributed by atoms with van der Waals surface area (Å²) in [5.74, 6) is -0.475. The highest BCUT2D eigenvalue weighted by Gasteiger charge is 2.20. The molecule has 2 atom stereocenters. The van der Waals surface area contributed by atoms with Gasteiger partial charge in [0.05, 0.1) is 0 Å². The normalized spacial score (nSPS) is 14.1. The summed E-state index contributed by atoms with van der Waals surface area (Å²) in [4.78, 5) is 0. The minimum atomic E-state index is -2.47. The van der Waals surface area contributed by atoms with Crippen molar-refractivity contribution in [2.75, 3.05) is 0 Å². The van der Waals surface area contributed by atoms with Crippen LogP contribution >= 0.6 is 0 Å². The molecule has 2 aromatic carbocycles. The van der Waals surface area contributed by atoms with Crippen LogP contribution in [0.25, 0.3) is 0 Å². The van der Waals surface area contributed by atoms with Crippen molar-refractivity contribution in [1.82, 2.24) is 0 Å². The van der Waals surface area contributed by atoms with Crippen LogP contribution in [0.1, 0.15) is 17.2 Å².